The van der Waals surface area contributed by atoms with Gasteiger partial charge in [-0.15, -0.1) is 0 Å². The molecule has 0 unspecified atom stereocenters. The highest BCUT2D eigenvalue weighted by Crippen LogP contribution is 2.26. The minimum absolute atomic E-state index is 0.658. The third-order valence-corrected chi connectivity index (χ3v) is 4.27. The first-order valence-corrected chi connectivity index (χ1v) is 7.46. The first-order chi connectivity index (χ1) is 8.65. The van der Waals surface area contributed by atoms with E-state index >= 15 is 0 Å². The van der Waals surface area contributed by atoms with Gasteiger partial charge in [0.15, 0.2) is 0 Å². The van der Waals surface area contributed by atoms with Gasteiger partial charge in [-0.25, -0.2) is 0 Å². The molecule has 1 atom stereocenters. The highest BCUT2D eigenvalue weighted by atomic mass is 14.9. The number of nitrogens with one attached hydrogen (secondary N) is 1. The summed E-state index contributed by atoms with van der Waals surface area (Å²) in [5, 5.41) is 3.72. The third-order valence-electron chi connectivity index (χ3n) is 4.27. The molecule has 1 aromatic rings. The molecule has 0 heterocycles. The topological polar surface area (TPSA) is 12.0 Å². The minimum atomic E-state index is 0.658. The summed E-state index contributed by atoms with van der Waals surface area (Å²) in [5.74, 6) is 0.893. The van der Waals surface area contributed by atoms with E-state index in [9.17, 15) is 0 Å². The molecule has 1 nitrogen and oxygen atoms in total. The van der Waals surface area contributed by atoms with Gasteiger partial charge in [-0.05, 0) is 45.1 Å². The Morgan fingerprint density at radius 3 is 2.28 bits per heavy atom. The van der Waals surface area contributed by atoms with Crippen LogP contribution in [0.1, 0.15) is 55.7 Å². The van der Waals surface area contributed by atoms with Crippen molar-refractivity contribution in [3.05, 3.63) is 34.9 Å². The highest BCUT2D eigenvalue weighted by molar-refractivity contribution is 5.28. The summed E-state index contributed by atoms with van der Waals surface area (Å²) in [6.45, 7) is 7.74. The molecule has 2 rings (SSSR count). The van der Waals surface area contributed by atoms with Crippen molar-refractivity contribution < 1.29 is 0 Å². The summed E-state index contributed by atoms with van der Waals surface area (Å²) in [4.78, 5) is 0. The largest absolute Gasteiger partial charge is 0.310 e. The second kappa shape index (κ2) is 6.38. The van der Waals surface area contributed by atoms with Gasteiger partial charge in [0.1, 0.15) is 0 Å². The monoisotopic (exact) mass is 245 g/mol. The summed E-state index contributed by atoms with van der Waals surface area (Å²) < 4.78 is 0. The first kappa shape index (κ1) is 13.6. The van der Waals surface area contributed by atoms with Crippen molar-refractivity contribution in [2.75, 3.05) is 0 Å². The van der Waals surface area contributed by atoms with E-state index in [1.54, 1.807) is 0 Å². The van der Waals surface area contributed by atoms with Crippen LogP contribution in [0.4, 0.5) is 0 Å². The van der Waals surface area contributed by atoms with Gasteiger partial charge in [0.2, 0.25) is 0 Å². The van der Waals surface area contributed by atoms with E-state index < -0.39 is 0 Å². The number of benzene rings is 1. The molecule has 0 aromatic heterocycles. The fraction of sp³-hybridized carbons (Fsp3) is 0.647. The van der Waals surface area contributed by atoms with Crippen LogP contribution in [0.15, 0.2) is 18.2 Å². The van der Waals surface area contributed by atoms with E-state index in [1.807, 2.05) is 0 Å². The normalized spacial score (nSPS) is 18.8. The lowest BCUT2D eigenvalue weighted by molar-refractivity contribution is 0.280. The maximum absolute atomic E-state index is 3.72. The minimum Gasteiger partial charge on any atom is -0.310 e. The molecule has 1 saturated carbocycles. The van der Waals surface area contributed by atoms with Gasteiger partial charge in [0.05, 0.1) is 0 Å². The van der Waals surface area contributed by atoms with Gasteiger partial charge in [0, 0.05) is 12.6 Å². The van der Waals surface area contributed by atoms with Crippen LogP contribution in [0.2, 0.25) is 0 Å². The second-order valence-electron chi connectivity index (χ2n) is 6.06. The standard InChI is InChI=1S/C17H27N/c1-13-9-14(2)11-16(10-13)12-18-15(3)17-7-5-4-6-8-17/h9-11,15,17-18H,4-8,12H2,1-3H3/t15-/m1/s1. The Morgan fingerprint density at radius 2 is 1.67 bits per heavy atom. The van der Waals surface area contributed by atoms with E-state index in [0.29, 0.717) is 6.04 Å². The summed E-state index contributed by atoms with van der Waals surface area (Å²) in [5.41, 5.74) is 4.17. The van der Waals surface area contributed by atoms with E-state index in [0.717, 1.165) is 12.5 Å². The van der Waals surface area contributed by atoms with E-state index in [2.05, 4.69) is 44.3 Å². The molecule has 0 aliphatic heterocycles. The predicted molar refractivity (Wildman–Crippen MR) is 78.8 cm³/mol. The zero-order chi connectivity index (χ0) is 13.0. The summed E-state index contributed by atoms with van der Waals surface area (Å²) in [7, 11) is 0. The molecule has 0 amide bonds. The lowest BCUT2D eigenvalue weighted by atomic mass is 9.84. The van der Waals surface area contributed by atoms with E-state index in [-0.39, 0.29) is 0 Å². The molecule has 1 N–H and O–H groups in total. The zero-order valence-electron chi connectivity index (χ0n) is 12.1. The van der Waals surface area contributed by atoms with Gasteiger partial charge in [-0.1, -0.05) is 48.6 Å². The van der Waals surface area contributed by atoms with Crippen LogP contribution in [-0.2, 0) is 6.54 Å². The summed E-state index contributed by atoms with van der Waals surface area (Å²) >= 11 is 0. The van der Waals surface area contributed by atoms with Crippen LogP contribution >= 0.6 is 0 Å². The molecule has 0 radical (unpaired) electrons. The maximum Gasteiger partial charge on any atom is 0.0208 e. The maximum atomic E-state index is 3.72. The van der Waals surface area contributed by atoms with Crippen LogP contribution in [0.5, 0.6) is 0 Å². The fourth-order valence-electron chi connectivity index (χ4n) is 3.25. The quantitative estimate of drug-likeness (QED) is 0.831. The Hall–Kier alpha value is -0.820. The number of hydrogen-bond donors (Lipinski definition) is 1. The van der Waals surface area contributed by atoms with Gasteiger partial charge in [0.25, 0.3) is 0 Å². The van der Waals surface area contributed by atoms with Crippen LogP contribution in [0.3, 0.4) is 0 Å². The van der Waals surface area contributed by atoms with E-state index in [1.165, 1.54) is 48.8 Å². The average molecular weight is 245 g/mol. The van der Waals surface area contributed by atoms with Crippen molar-refractivity contribution in [2.24, 2.45) is 5.92 Å². The Bertz CT molecular complexity index is 357. The molecular weight excluding hydrogens is 218 g/mol. The second-order valence-corrected chi connectivity index (χ2v) is 6.06. The summed E-state index contributed by atoms with van der Waals surface area (Å²) in [6, 6.07) is 7.50. The lowest BCUT2D eigenvalue weighted by Gasteiger charge is -2.28. The molecule has 1 fully saturated rings. The number of aryl methyl sites for hydroxylation is 2. The Balaban J connectivity index is 1.86. The van der Waals surface area contributed by atoms with Crippen molar-refractivity contribution >= 4 is 0 Å². The van der Waals surface area contributed by atoms with Gasteiger partial charge < -0.3 is 5.32 Å². The first-order valence-electron chi connectivity index (χ1n) is 7.46. The molecule has 1 heteroatoms. The Morgan fingerprint density at radius 1 is 1.06 bits per heavy atom. The van der Waals surface area contributed by atoms with Crippen LogP contribution < -0.4 is 5.32 Å². The van der Waals surface area contributed by atoms with Crippen LogP contribution in [0.25, 0.3) is 0 Å². The molecule has 0 saturated heterocycles. The Kier molecular flexibility index (Phi) is 4.82. The van der Waals surface area contributed by atoms with E-state index in [4.69, 9.17) is 0 Å². The number of rotatable bonds is 4. The number of hydrogen-bond acceptors (Lipinski definition) is 1. The predicted octanol–water partition coefficient (Wildman–Crippen LogP) is 4.36. The van der Waals surface area contributed by atoms with Gasteiger partial charge in [-0.3, -0.25) is 0 Å². The Labute approximate surface area is 112 Å². The van der Waals surface area contributed by atoms with Crippen molar-refractivity contribution in [2.45, 2.75) is 65.5 Å². The summed E-state index contributed by atoms with van der Waals surface area (Å²) in [6.07, 6.45) is 7.14. The van der Waals surface area contributed by atoms with Crippen molar-refractivity contribution in [3.63, 3.8) is 0 Å². The molecule has 0 bridgehead atoms. The molecule has 1 aromatic carbocycles. The molecule has 100 valence electrons. The average Bonchev–Trinajstić information content (AvgIpc) is 2.36. The fourth-order valence-corrected chi connectivity index (χ4v) is 3.25. The van der Waals surface area contributed by atoms with Crippen LogP contribution in [-0.4, -0.2) is 6.04 Å². The highest BCUT2D eigenvalue weighted by Gasteiger charge is 2.19. The van der Waals surface area contributed by atoms with Crippen molar-refractivity contribution in [3.8, 4) is 0 Å². The smallest absolute Gasteiger partial charge is 0.0208 e. The molecule has 0 spiro atoms. The van der Waals surface area contributed by atoms with Crippen molar-refractivity contribution in [1.29, 1.82) is 0 Å². The zero-order valence-corrected chi connectivity index (χ0v) is 12.1. The molecular formula is C17H27N. The van der Waals surface area contributed by atoms with Gasteiger partial charge >= 0.3 is 0 Å². The molecule has 1 aliphatic rings. The van der Waals surface area contributed by atoms with Crippen LogP contribution in [0, 0.1) is 19.8 Å². The molecule has 1 aliphatic carbocycles. The lowest BCUT2D eigenvalue weighted by Crippen LogP contribution is -2.34. The van der Waals surface area contributed by atoms with Crippen molar-refractivity contribution in [1.82, 2.24) is 5.32 Å². The molecule has 18 heavy (non-hydrogen) atoms. The SMILES string of the molecule is Cc1cc(C)cc(CN[C@H](C)C2CCCCC2)c1. The van der Waals surface area contributed by atoms with Gasteiger partial charge in [-0.2, -0.15) is 0 Å². The third kappa shape index (κ3) is 3.84.